The number of H-pyrrole nitrogens is 1. The second kappa shape index (κ2) is 4.90. The Labute approximate surface area is 105 Å². The average molecular weight is 253 g/mol. The molecule has 0 radical (unpaired) electrons. The highest BCUT2D eigenvalue weighted by Gasteiger charge is 2.17. The molecule has 1 aromatic carbocycles. The first kappa shape index (κ1) is 12.1. The molecule has 0 aliphatic heterocycles. The first-order chi connectivity index (χ1) is 8.13. The van der Waals surface area contributed by atoms with Crippen LogP contribution in [0, 0.1) is 12.7 Å². The van der Waals surface area contributed by atoms with Crippen molar-refractivity contribution in [3.05, 3.63) is 58.1 Å². The van der Waals surface area contributed by atoms with Crippen molar-refractivity contribution in [1.82, 2.24) is 4.98 Å². The van der Waals surface area contributed by atoms with E-state index in [4.69, 9.17) is 17.3 Å². The van der Waals surface area contributed by atoms with Crippen LogP contribution in [0.2, 0.25) is 5.02 Å². The minimum Gasteiger partial charge on any atom is -0.367 e. The number of halogens is 2. The van der Waals surface area contributed by atoms with Gasteiger partial charge in [-0.05, 0) is 41.8 Å². The molecule has 0 aliphatic carbocycles. The van der Waals surface area contributed by atoms with Gasteiger partial charge < -0.3 is 10.7 Å². The van der Waals surface area contributed by atoms with Gasteiger partial charge in [0.2, 0.25) is 0 Å². The van der Waals surface area contributed by atoms with Crippen LogP contribution in [0.25, 0.3) is 0 Å². The zero-order valence-corrected chi connectivity index (χ0v) is 10.3. The van der Waals surface area contributed by atoms with Crippen LogP contribution in [0.4, 0.5) is 4.39 Å². The second-order valence-corrected chi connectivity index (χ2v) is 4.46. The molecule has 0 aliphatic rings. The number of nitrogens with two attached hydrogens (primary N) is 1. The van der Waals surface area contributed by atoms with Crippen LogP contribution >= 0.6 is 11.6 Å². The summed E-state index contributed by atoms with van der Waals surface area (Å²) >= 11 is 6.16. The molecule has 17 heavy (non-hydrogen) atoms. The number of hydrogen-bond donors (Lipinski definition) is 2. The van der Waals surface area contributed by atoms with Crippen LogP contribution in [0.15, 0.2) is 30.6 Å². The fraction of sp³-hybridized carbons (Fsp3) is 0.231. The topological polar surface area (TPSA) is 41.8 Å². The second-order valence-electron chi connectivity index (χ2n) is 4.06. The number of hydrogen-bond acceptors (Lipinski definition) is 1. The maximum Gasteiger partial charge on any atom is 0.126 e. The molecule has 1 unspecified atom stereocenters. The van der Waals surface area contributed by atoms with Crippen LogP contribution < -0.4 is 5.73 Å². The highest BCUT2D eigenvalue weighted by Crippen LogP contribution is 2.31. The van der Waals surface area contributed by atoms with Gasteiger partial charge in [-0.3, -0.25) is 0 Å². The molecule has 2 nitrogen and oxygen atoms in total. The molecule has 2 aromatic rings. The van der Waals surface area contributed by atoms with Gasteiger partial charge >= 0.3 is 0 Å². The van der Waals surface area contributed by atoms with Crippen molar-refractivity contribution in [3.63, 3.8) is 0 Å². The Bertz CT molecular complexity index is 508. The van der Waals surface area contributed by atoms with Gasteiger partial charge in [0, 0.05) is 29.9 Å². The minimum absolute atomic E-state index is 0.0798. The van der Waals surface area contributed by atoms with Crippen molar-refractivity contribution < 1.29 is 4.39 Å². The molecule has 4 heteroatoms. The van der Waals surface area contributed by atoms with E-state index in [-0.39, 0.29) is 11.7 Å². The summed E-state index contributed by atoms with van der Waals surface area (Å²) in [7, 11) is 0. The molecule has 0 amide bonds. The zero-order valence-electron chi connectivity index (χ0n) is 9.50. The highest BCUT2D eigenvalue weighted by molar-refractivity contribution is 6.31. The average Bonchev–Trinajstić information content (AvgIpc) is 2.80. The van der Waals surface area contributed by atoms with E-state index in [1.807, 2.05) is 18.5 Å². The lowest BCUT2D eigenvalue weighted by molar-refractivity contribution is 0.614. The van der Waals surface area contributed by atoms with E-state index in [0.29, 0.717) is 17.1 Å². The Morgan fingerprint density at radius 2 is 2.24 bits per heavy atom. The van der Waals surface area contributed by atoms with Gasteiger partial charge in [-0.1, -0.05) is 11.6 Å². The van der Waals surface area contributed by atoms with Crippen LogP contribution in [0.1, 0.15) is 22.6 Å². The lowest BCUT2D eigenvalue weighted by Crippen LogP contribution is -2.14. The summed E-state index contributed by atoms with van der Waals surface area (Å²) in [6.07, 6.45) is 3.67. The van der Waals surface area contributed by atoms with Gasteiger partial charge in [-0.15, -0.1) is 0 Å². The summed E-state index contributed by atoms with van der Waals surface area (Å²) in [6, 6.07) is 5.04. The molecule has 1 heterocycles. The van der Waals surface area contributed by atoms with E-state index in [1.54, 1.807) is 13.0 Å². The Morgan fingerprint density at radius 1 is 1.47 bits per heavy atom. The summed E-state index contributed by atoms with van der Waals surface area (Å²) in [5.41, 5.74) is 8.05. The van der Waals surface area contributed by atoms with E-state index in [0.717, 1.165) is 11.1 Å². The number of aromatic amines is 1. The third-order valence-corrected chi connectivity index (χ3v) is 3.24. The molecular formula is C13H14ClFN2. The highest BCUT2D eigenvalue weighted by atomic mass is 35.5. The van der Waals surface area contributed by atoms with E-state index >= 15 is 0 Å². The fourth-order valence-corrected chi connectivity index (χ4v) is 2.27. The number of aryl methyl sites for hydroxylation is 1. The number of rotatable bonds is 3. The number of benzene rings is 1. The monoisotopic (exact) mass is 252 g/mol. The summed E-state index contributed by atoms with van der Waals surface area (Å²) < 4.78 is 13.6. The first-order valence-electron chi connectivity index (χ1n) is 5.41. The third kappa shape index (κ3) is 2.35. The Kier molecular flexibility index (Phi) is 3.50. The zero-order chi connectivity index (χ0) is 12.4. The Balaban J connectivity index is 2.48. The van der Waals surface area contributed by atoms with E-state index < -0.39 is 0 Å². The first-order valence-corrected chi connectivity index (χ1v) is 5.79. The summed E-state index contributed by atoms with van der Waals surface area (Å²) in [6.45, 7) is 2.08. The summed E-state index contributed by atoms with van der Waals surface area (Å²) in [4.78, 5) is 2.97. The summed E-state index contributed by atoms with van der Waals surface area (Å²) in [5.74, 6) is -0.331. The normalized spacial score (nSPS) is 12.7. The lowest BCUT2D eigenvalue weighted by Gasteiger charge is -2.16. The SMILES string of the molecule is Cc1cc(Cl)c(C(CN)c2cc[nH]c2)cc1F. The van der Waals surface area contributed by atoms with Gasteiger partial charge in [0.05, 0.1) is 0 Å². The third-order valence-electron chi connectivity index (χ3n) is 2.91. The van der Waals surface area contributed by atoms with Crippen molar-refractivity contribution in [2.75, 3.05) is 6.54 Å². The Hall–Kier alpha value is -1.32. The molecule has 1 atom stereocenters. The van der Waals surface area contributed by atoms with Gasteiger partial charge in [0.1, 0.15) is 5.82 Å². The molecule has 0 spiro atoms. The predicted octanol–water partition coefficient (Wildman–Crippen LogP) is 3.21. The molecule has 1 aromatic heterocycles. The molecule has 2 rings (SSSR count). The molecule has 0 fully saturated rings. The molecular weight excluding hydrogens is 239 g/mol. The van der Waals surface area contributed by atoms with Crippen molar-refractivity contribution in [1.29, 1.82) is 0 Å². The van der Waals surface area contributed by atoms with Crippen LogP contribution in [-0.4, -0.2) is 11.5 Å². The van der Waals surface area contributed by atoms with Crippen LogP contribution in [-0.2, 0) is 0 Å². The van der Waals surface area contributed by atoms with Crippen molar-refractivity contribution >= 4 is 11.6 Å². The van der Waals surface area contributed by atoms with Crippen LogP contribution in [0.5, 0.6) is 0 Å². The lowest BCUT2D eigenvalue weighted by atomic mass is 9.92. The molecule has 3 N–H and O–H groups in total. The summed E-state index contributed by atoms with van der Waals surface area (Å²) in [5, 5.41) is 0.556. The van der Waals surface area contributed by atoms with E-state index in [9.17, 15) is 4.39 Å². The van der Waals surface area contributed by atoms with Gasteiger partial charge in [-0.2, -0.15) is 0 Å². The van der Waals surface area contributed by atoms with Crippen molar-refractivity contribution in [2.24, 2.45) is 5.73 Å². The quantitative estimate of drug-likeness (QED) is 0.865. The number of aromatic nitrogens is 1. The standard InChI is InChI=1S/C13H14ClFN2/c1-8-4-12(14)10(5-13(8)15)11(6-16)9-2-3-17-7-9/h2-5,7,11,17H,6,16H2,1H3. The molecule has 0 bridgehead atoms. The van der Waals surface area contributed by atoms with Gasteiger partial charge in [-0.25, -0.2) is 4.39 Å². The predicted molar refractivity (Wildman–Crippen MR) is 67.8 cm³/mol. The van der Waals surface area contributed by atoms with Crippen molar-refractivity contribution in [2.45, 2.75) is 12.8 Å². The van der Waals surface area contributed by atoms with Gasteiger partial charge in [0.15, 0.2) is 0 Å². The maximum atomic E-state index is 13.6. The maximum absolute atomic E-state index is 13.6. The van der Waals surface area contributed by atoms with Gasteiger partial charge in [0.25, 0.3) is 0 Å². The van der Waals surface area contributed by atoms with Crippen molar-refractivity contribution in [3.8, 4) is 0 Å². The van der Waals surface area contributed by atoms with Crippen LogP contribution in [0.3, 0.4) is 0 Å². The van der Waals surface area contributed by atoms with E-state index in [1.165, 1.54) is 6.07 Å². The molecule has 0 saturated heterocycles. The Morgan fingerprint density at radius 3 is 2.82 bits per heavy atom. The smallest absolute Gasteiger partial charge is 0.126 e. The number of nitrogens with one attached hydrogen (secondary N) is 1. The largest absolute Gasteiger partial charge is 0.367 e. The minimum atomic E-state index is -0.251. The molecule has 0 saturated carbocycles. The fourth-order valence-electron chi connectivity index (χ4n) is 1.92. The van der Waals surface area contributed by atoms with E-state index in [2.05, 4.69) is 4.98 Å². The molecule has 90 valence electrons.